The maximum atomic E-state index is 13.7. The van der Waals surface area contributed by atoms with Crippen molar-refractivity contribution in [2.45, 2.75) is 38.6 Å². The number of nitrogens with zero attached hydrogens (tertiary/aromatic N) is 2. The predicted octanol–water partition coefficient (Wildman–Crippen LogP) is 5.97. The summed E-state index contributed by atoms with van der Waals surface area (Å²) < 4.78 is 29.2. The van der Waals surface area contributed by atoms with E-state index in [0.29, 0.717) is 22.0 Å². The molecule has 2 aliphatic carbocycles. The first-order chi connectivity index (χ1) is 14.3. The Morgan fingerprint density at radius 1 is 1.27 bits per heavy atom. The van der Waals surface area contributed by atoms with Gasteiger partial charge in [-0.3, -0.25) is 4.79 Å². The molecule has 0 saturated heterocycles. The lowest BCUT2D eigenvalue weighted by Crippen LogP contribution is -2.23. The molecule has 3 aromatic rings. The third-order valence-electron chi connectivity index (χ3n) is 6.84. The first kappa shape index (κ1) is 19.5. The molecule has 0 aliphatic heterocycles. The number of halogens is 3. The first-order valence-corrected chi connectivity index (χ1v) is 10.6. The third-order valence-corrected chi connectivity index (χ3v) is 7.09. The number of anilines is 1. The molecule has 5 rings (SSSR count). The second kappa shape index (κ2) is 7.05. The molecule has 156 valence electrons. The van der Waals surface area contributed by atoms with Gasteiger partial charge in [-0.15, -0.1) is 0 Å². The Kier molecular flexibility index (Phi) is 4.58. The van der Waals surface area contributed by atoms with Gasteiger partial charge in [0, 0.05) is 34.8 Å². The minimum Gasteiger partial charge on any atom is -0.327 e. The first-order valence-electron chi connectivity index (χ1n) is 10.2. The molecule has 4 atom stereocenters. The van der Waals surface area contributed by atoms with Crippen molar-refractivity contribution in [1.82, 2.24) is 9.55 Å². The van der Waals surface area contributed by atoms with Crippen molar-refractivity contribution >= 4 is 34.2 Å². The summed E-state index contributed by atoms with van der Waals surface area (Å²) in [6.07, 6.45) is 5.54. The van der Waals surface area contributed by atoms with Gasteiger partial charge in [-0.1, -0.05) is 18.5 Å². The summed E-state index contributed by atoms with van der Waals surface area (Å²) >= 11 is 5.90. The average molecular weight is 430 g/mol. The molecule has 1 N–H and O–H groups in total. The zero-order chi connectivity index (χ0) is 21.0. The summed E-state index contributed by atoms with van der Waals surface area (Å²) in [5, 5.41) is 3.59. The molecule has 4 nitrogen and oxygen atoms in total. The van der Waals surface area contributed by atoms with Crippen LogP contribution in [0.25, 0.3) is 11.0 Å². The summed E-state index contributed by atoms with van der Waals surface area (Å²) in [5.74, 6) is -1.27. The normalized spacial score (nSPS) is 25.9. The van der Waals surface area contributed by atoms with Crippen LogP contribution in [0.15, 0.2) is 42.7 Å². The van der Waals surface area contributed by atoms with Crippen LogP contribution >= 0.6 is 11.6 Å². The maximum absolute atomic E-state index is 13.7. The van der Waals surface area contributed by atoms with E-state index in [9.17, 15) is 13.6 Å². The fourth-order valence-corrected chi connectivity index (χ4v) is 5.38. The zero-order valence-electron chi connectivity index (χ0n) is 16.5. The number of hydrogen-bond donors (Lipinski definition) is 1. The Labute approximate surface area is 178 Å². The minimum absolute atomic E-state index is 0.00595. The van der Waals surface area contributed by atoms with Crippen LogP contribution in [0.1, 0.15) is 38.6 Å². The van der Waals surface area contributed by atoms with E-state index in [1.807, 2.05) is 11.5 Å². The molecule has 2 fully saturated rings. The molecule has 2 aromatic carbocycles. The van der Waals surface area contributed by atoms with E-state index < -0.39 is 11.6 Å². The van der Waals surface area contributed by atoms with Crippen molar-refractivity contribution < 1.29 is 13.6 Å². The van der Waals surface area contributed by atoms with Crippen LogP contribution in [0, 0.1) is 28.9 Å². The fraction of sp³-hybridized carbons (Fsp3) is 0.391. The van der Waals surface area contributed by atoms with Gasteiger partial charge >= 0.3 is 0 Å². The van der Waals surface area contributed by atoms with Crippen molar-refractivity contribution in [3.8, 4) is 0 Å². The Morgan fingerprint density at radius 2 is 2.00 bits per heavy atom. The van der Waals surface area contributed by atoms with E-state index in [-0.39, 0.29) is 23.3 Å². The Balaban J connectivity index is 1.27. The molecule has 7 heteroatoms. The number of carbonyl (C=O) groups excluding carboxylic acids is 1. The van der Waals surface area contributed by atoms with Crippen LogP contribution in [-0.2, 0) is 4.79 Å². The summed E-state index contributed by atoms with van der Waals surface area (Å²) in [6.45, 7) is 1.97. The summed E-state index contributed by atoms with van der Waals surface area (Å²) in [6, 6.07) is 9.68. The number of benzene rings is 2. The third kappa shape index (κ3) is 3.37. The molecule has 0 spiro atoms. The van der Waals surface area contributed by atoms with Crippen molar-refractivity contribution in [1.29, 1.82) is 0 Å². The molecule has 2 aliphatic rings. The second-order valence-corrected chi connectivity index (χ2v) is 9.30. The number of nitrogens with one attached hydrogen (secondary N) is 1. The van der Waals surface area contributed by atoms with Gasteiger partial charge in [-0.25, -0.2) is 13.8 Å². The second-order valence-electron chi connectivity index (χ2n) is 8.87. The van der Waals surface area contributed by atoms with Gasteiger partial charge in [-0.05, 0) is 61.3 Å². The molecular formula is C23H22ClF2N3O. The predicted molar refractivity (Wildman–Crippen MR) is 112 cm³/mol. The van der Waals surface area contributed by atoms with E-state index in [0.717, 1.165) is 37.4 Å². The maximum Gasteiger partial charge on any atom is 0.227 e. The van der Waals surface area contributed by atoms with Crippen LogP contribution in [0.4, 0.5) is 14.5 Å². The van der Waals surface area contributed by atoms with Gasteiger partial charge in [0.05, 0.1) is 17.4 Å². The highest BCUT2D eigenvalue weighted by Gasteiger charge is 2.60. The highest BCUT2D eigenvalue weighted by atomic mass is 35.5. The molecular weight excluding hydrogens is 408 g/mol. The topological polar surface area (TPSA) is 46.9 Å². The number of imidazole rings is 1. The van der Waals surface area contributed by atoms with Crippen molar-refractivity contribution in [2.24, 2.45) is 17.3 Å². The Morgan fingerprint density at radius 3 is 2.77 bits per heavy atom. The number of hydrogen-bond acceptors (Lipinski definition) is 2. The van der Waals surface area contributed by atoms with Gasteiger partial charge in [-0.2, -0.15) is 0 Å². The lowest BCUT2D eigenvalue weighted by Gasteiger charge is -2.21. The number of amides is 1. The van der Waals surface area contributed by atoms with E-state index >= 15 is 0 Å². The van der Waals surface area contributed by atoms with Gasteiger partial charge < -0.3 is 9.88 Å². The quantitative estimate of drug-likeness (QED) is 0.542. The van der Waals surface area contributed by atoms with E-state index in [2.05, 4.69) is 10.3 Å². The Hall–Kier alpha value is -2.47. The lowest BCUT2D eigenvalue weighted by atomic mass is 9.89. The molecule has 1 aromatic heterocycles. The summed E-state index contributed by atoms with van der Waals surface area (Å²) in [7, 11) is 0. The van der Waals surface area contributed by atoms with Crippen LogP contribution in [0.5, 0.6) is 0 Å². The molecule has 30 heavy (non-hydrogen) atoms. The van der Waals surface area contributed by atoms with E-state index in [1.54, 1.807) is 30.6 Å². The smallest absolute Gasteiger partial charge is 0.227 e. The molecule has 0 radical (unpaired) electrons. The highest BCUT2D eigenvalue weighted by Crippen LogP contribution is 2.69. The number of fused-ring (bicyclic) bond motifs is 2. The van der Waals surface area contributed by atoms with Gasteiger partial charge in [0.25, 0.3) is 0 Å². The molecule has 0 bridgehead atoms. The van der Waals surface area contributed by atoms with Crippen LogP contribution in [-0.4, -0.2) is 15.5 Å². The van der Waals surface area contributed by atoms with Crippen LogP contribution in [0.2, 0.25) is 5.02 Å². The van der Waals surface area contributed by atoms with Gasteiger partial charge in [0.15, 0.2) is 11.6 Å². The highest BCUT2D eigenvalue weighted by molar-refractivity contribution is 6.30. The lowest BCUT2D eigenvalue weighted by molar-refractivity contribution is -0.120. The minimum atomic E-state index is -0.876. The summed E-state index contributed by atoms with van der Waals surface area (Å²) in [5.41, 5.74) is 1.99. The van der Waals surface area contributed by atoms with Crippen molar-refractivity contribution in [2.75, 3.05) is 5.32 Å². The molecule has 0 unspecified atom stereocenters. The van der Waals surface area contributed by atoms with E-state index in [1.165, 1.54) is 6.07 Å². The van der Waals surface area contributed by atoms with Crippen molar-refractivity contribution in [3.05, 3.63) is 59.4 Å². The molecule has 2 saturated carbocycles. The standard InChI is InChI=1S/C23H22ClF2N3O/c1-13(22(30)28-16-4-2-15(24)3-5-16)9-23-10-14(23)6-17(11-23)29-12-27-20-7-18(25)19(26)8-21(20)29/h2-5,7-8,12-14,17H,6,9-11H2,1H3,(H,28,30)/t13-,14+,17-,23+/m0/s1. The Bertz CT molecular complexity index is 1130. The average Bonchev–Trinajstić information content (AvgIpc) is 3.04. The number of rotatable bonds is 5. The molecule has 1 amide bonds. The van der Waals surface area contributed by atoms with Gasteiger partial charge in [0.1, 0.15) is 0 Å². The number of aromatic nitrogens is 2. The zero-order valence-corrected chi connectivity index (χ0v) is 17.3. The van der Waals surface area contributed by atoms with E-state index in [4.69, 9.17) is 11.6 Å². The molecule has 1 heterocycles. The largest absolute Gasteiger partial charge is 0.327 e. The SMILES string of the molecule is C[C@@H](C[C@@]12C[C@@H](n3cnc4cc(F)c(F)cc43)C[C@@H]1C2)C(=O)Nc1ccc(Cl)cc1. The number of carbonyl (C=O) groups is 1. The fourth-order valence-electron chi connectivity index (χ4n) is 5.26. The van der Waals surface area contributed by atoms with Crippen LogP contribution < -0.4 is 5.32 Å². The monoisotopic (exact) mass is 429 g/mol. The van der Waals surface area contributed by atoms with Crippen molar-refractivity contribution in [3.63, 3.8) is 0 Å². The van der Waals surface area contributed by atoms with Crippen LogP contribution in [0.3, 0.4) is 0 Å². The van der Waals surface area contributed by atoms with Gasteiger partial charge in [0.2, 0.25) is 5.91 Å². The summed E-state index contributed by atoms with van der Waals surface area (Å²) in [4.78, 5) is 16.9.